The molecule has 0 saturated carbocycles. The first-order valence-corrected chi connectivity index (χ1v) is 7.89. The summed E-state index contributed by atoms with van der Waals surface area (Å²) in [6, 6.07) is 3.09. The number of hydrogen-bond donors (Lipinski definition) is 3. The number of sulfonamides is 1. The minimum atomic E-state index is -4.31. The van der Waals surface area contributed by atoms with Gasteiger partial charge >= 0.3 is 0 Å². The molecule has 0 aliphatic heterocycles. The second kappa shape index (κ2) is 5.62. The van der Waals surface area contributed by atoms with Gasteiger partial charge in [-0.05, 0) is 28.1 Å². The first kappa shape index (κ1) is 15.7. The molecule has 2 aromatic rings. The van der Waals surface area contributed by atoms with Gasteiger partial charge in [0.25, 0.3) is 15.6 Å². The number of H-pyrrole nitrogens is 1. The van der Waals surface area contributed by atoms with Crippen LogP contribution in [-0.2, 0) is 10.0 Å². The lowest BCUT2D eigenvalue weighted by molar-refractivity contribution is 0.572. The number of benzene rings is 1. The molecule has 0 spiro atoms. The van der Waals surface area contributed by atoms with Crippen LogP contribution in [-0.4, -0.2) is 18.6 Å². The highest BCUT2D eigenvalue weighted by Gasteiger charge is 2.24. The van der Waals surface area contributed by atoms with E-state index in [4.69, 9.17) is 17.3 Å². The average Bonchev–Trinajstić information content (AvgIpc) is 2.42. The first-order chi connectivity index (χ1) is 9.72. The van der Waals surface area contributed by atoms with E-state index < -0.39 is 32.0 Å². The fourth-order valence-corrected chi connectivity index (χ4v) is 3.07. The molecule has 0 amide bonds. The summed E-state index contributed by atoms with van der Waals surface area (Å²) in [5.74, 6) is -1.34. The van der Waals surface area contributed by atoms with Crippen LogP contribution < -0.4 is 16.0 Å². The summed E-state index contributed by atoms with van der Waals surface area (Å²) in [6.07, 6.45) is 0. The van der Waals surface area contributed by atoms with Gasteiger partial charge in [-0.25, -0.2) is 17.9 Å². The Morgan fingerprint density at radius 2 is 2.10 bits per heavy atom. The smallest absolute Gasteiger partial charge is 0.266 e. The highest BCUT2D eigenvalue weighted by molar-refractivity contribution is 9.10. The maximum atomic E-state index is 14.0. The Morgan fingerprint density at radius 3 is 2.67 bits per heavy atom. The fourth-order valence-electron chi connectivity index (χ4n) is 1.39. The second-order valence-corrected chi connectivity index (χ2v) is 6.66. The molecule has 1 aromatic heterocycles. The zero-order valence-corrected chi connectivity index (χ0v) is 13.2. The summed E-state index contributed by atoms with van der Waals surface area (Å²) in [7, 11) is -4.31. The van der Waals surface area contributed by atoms with Crippen molar-refractivity contribution in [1.29, 1.82) is 0 Å². The van der Waals surface area contributed by atoms with Crippen molar-refractivity contribution in [1.82, 2.24) is 10.2 Å². The molecule has 1 heterocycles. The Morgan fingerprint density at radius 1 is 1.43 bits per heavy atom. The van der Waals surface area contributed by atoms with Crippen LogP contribution >= 0.6 is 27.5 Å². The van der Waals surface area contributed by atoms with Crippen molar-refractivity contribution < 1.29 is 12.8 Å². The number of anilines is 2. The standard InChI is InChI=1S/C10H7BrClFN4O3S/c11-8-4(12)3-5(9(13)10(8)14)21(19,20)17-6-1-2-7(18)16-15-6/h1-3H,14H2,(H,15,17)(H,16,18). The molecule has 112 valence electrons. The Labute approximate surface area is 131 Å². The minimum Gasteiger partial charge on any atom is -0.395 e. The minimum absolute atomic E-state index is 0.0581. The number of nitrogens with two attached hydrogens (primary N) is 1. The van der Waals surface area contributed by atoms with Crippen molar-refractivity contribution >= 4 is 49.1 Å². The van der Waals surface area contributed by atoms with Gasteiger partial charge in [0, 0.05) is 6.07 Å². The van der Waals surface area contributed by atoms with E-state index in [0.717, 1.165) is 18.2 Å². The molecule has 7 nitrogen and oxygen atoms in total. The topological polar surface area (TPSA) is 118 Å². The number of aromatic nitrogens is 2. The molecule has 0 fully saturated rings. The lowest BCUT2D eigenvalue weighted by Crippen LogP contribution is -2.18. The SMILES string of the molecule is Nc1c(F)c(S(=O)(=O)Nc2ccc(=O)[nH]n2)cc(Cl)c1Br. The van der Waals surface area contributed by atoms with E-state index in [1.807, 2.05) is 9.82 Å². The van der Waals surface area contributed by atoms with Crippen LogP contribution in [0.25, 0.3) is 0 Å². The van der Waals surface area contributed by atoms with Crippen LogP contribution in [0.4, 0.5) is 15.9 Å². The number of aromatic amines is 1. The van der Waals surface area contributed by atoms with Crippen molar-refractivity contribution in [3.63, 3.8) is 0 Å². The normalized spacial score (nSPS) is 11.4. The molecule has 0 radical (unpaired) electrons. The van der Waals surface area contributed by atoms with Crippen molar-refractivity contribution in [3.8, 4) is 0 Å². The van der Waals surface area contributed by atoms with Crippen molar-refractivity contribution in [3.05, 3.63) is 43.9 Å². The van der Waals surface area contributed by atoms with Gasteiger partial charge in [0.05, 0.1) is 15.2 Å². The van der Waals surface area contributed by atoms with Crippen molar-refractivity contribution in [2.75, 3.05) is 10.5 Å². The molecule has 1 aromatic carbocycles. The lowest BCUT2D eigenvalue weighted by atomic mass is 10.3. The first-order valence-electron chi connectivity index (χ1n) is 5.24. The van der Waals surface area contributed by atoms with E-state index in [2.05, 4.69) is 21.0 Å². The van der Waals surface area contributed by atoms with Gasteiger partial charge in [-0.1, -0.05) is 11.6 Å². The number of nitrogen functional groups attached to an aromatic ring is 1. The van der Waals surface area contributed by atoms with Crippen LogP contribution in [0.2, 0.25) is 5.02 Å². The molecule has 2 rings (SSSR count). The molecular formula is C10H7BrClFN4O3S. The summed E-state index contributed by atoms with van der Waals surface area (Å²) in [4.78, 5) is 10.1. The molecule has 21 heavy (non-hydrogen) atoms. The van der Waals surface area contributed by atoms with E-state index >= 15 is 0 Å². The van der Waals surface area contributed by atoms with E-state index in [1.165, 1.54) is 0 Å². The molecule has 0 aliphatic carbocycles. The average molecular weight is 398 g/mol. The van der Waals surface area contributed by atoms with Crippen LogP contribution in [0, 0.1) is 5.82 Å². The van der Waals surface area contributed by atoms with Crippen LogP contribution in [0.3, 0.4) is 0 Å². The lowest BCUT2D eigenvalue weighted by Gasteiger charge is -2.11. The van der Waals surface area contributed by atoms with E-state index in [-0.39, 0.29) is 15.3 Å². The van der Waals surface area contributed by atoms with Gasteiger partial charge < -0.3 is 5.73 Å². The zero-order chi connectivity index (χ0) is 15.8. The fraction of sp³-hybridized carbons (Fsp3) is 0. The molecular weight excluding hydrogens is 391 g/mol. The number of halogens is 3. The van der Waals surface area contributed by atoms with Gasteiger partial charge in [-0.2, -0.15) is 5.10 Å². The Balaban J connectivity index is 2.50. The van der Waals surface area contributed by atoms with Crippen LogP contribution in [0.1, 0.15) is 0 Å². The maximum Gasteiger partial charge on any atom is 0.266 e. The summed E-state index contributed by atoms with van der Waals surface area (Å²) >= 11 is 8.71. The maximum absolute atomic E-state index is 14.0. The summed E-state index contributed by atoms with van der Waals surface area (Å²) < 4.78 is 40.3. The van der Waals surface area contributed by atoms with E-state index in [0.29, 0.717) is 0 Å². The Hall–Kier alpha value is -1.65. The molecule has 0 saturated heterocycles. The third-order valence-electron chi connectivity index (χ3n) is 2.36. The Bertz CT molecular complexity index is 851. The molecule has 0 aliphatic rings. The predicted octanol–water partition coefficient (Wildman–Crippen LogP) is 1.71. The number of nitrogens with one attached hydrogen (secondary N) is 2. The second-order valence-electron chi connectivity index (χ2n) is 3.81. The van der Waals surface area contributed by atoms with Crippen LogP contribution in [0.15, 0.2) is 32.4 Å². The van der Waals surface area contributed by atoms with Gasteiger partial charge in [-0.15, -0.1) is 0 Å². The largest absolute Gasteiger partial charge is 0.395 e. The Kier molecular flexibility index (Phi) is 4.21. The zero-order valence-electron chi connectivity index (χ0n) is 10.0. The number of hydrogen-bond acceptors (Lipinski definition) is 5. The number of rotatable bonds is 3. The monoisotopic (exact) mass is 396 g/mol. The third-order valence-corrected chi connectivity index (χ3v) is 5.10. The quantitative estimate of drug-likeness (QED) is 0.538. The highest BCUT2D eigenvalue weighted by Crippen LogP contribution is 2.35. The highest BCUT2D eigenvalue weighted by atomic mass is 79.9. The summed E-state index contributed by atoms with van der Waals surface area (Å²) in [5.41, 5.74) is 4.48. The third kappa shape index (κ3) is 3.17. The van der Waals surface area contributed by atoms with E-state index in [1.54, 1.807) is 0 Å². The molecule has 0 unspecified atom stereocenters. The van der Waals surface area contributed by atoms with Crippen molar-refractivity contribution in [2.45, 2.75) is 4.90 Å². The molecule has 0 bridgehead atoms. The predicted molar refractivity (Wildman–Crippen MR) is 79.2 cm³/mol. The molecule has 0 atom stereocenters. The summed E-state index contributed by atoms with van der Waals surface area (Å²) in [5, 5.41) is 5.43. The molecule has 11 heteroatoms. The van der Waals surface area contributed by atoms with Crippen LogP contribution in [0.5, 0.6) is 0 Å². The molecule has 4 N–H and O–H groups in total. The van der Waals surface area contributed by atoms with Gasteiger partial charge in [-0.3, -0.25) is 9.52 Å². The van der Waals surface area contributed by atoms with E-state index in [9.17, 15) is 17.6 Å². The van der Waals surface area contributed by atoms with Gasteiger partial charge in [0.15, 0.2) is 11.6 Å². The van der Waals surface area contributed by atoms with Gasteiger partial charge in [0.1, 0.15) is 4.90 Å². The number of nitrogens with zero attached hydrogens (tertiary/aromatic N) is 1. The summed E-state index contributed by atoms with van der Waals surface area (Å²) in [6.45, 7) is 0. The van der Waals surface area contributed by atoms with Gasteiger partial charge in [0.2, 0.25) is 0 Å². The van der Waals surface area contributed by atoms with Crippen molar-refractivity contribution in [2.24, 2.45) is 0 Å².